The molecule has 2 rings (SSSR count). The number of aliphatic hydroxyl groups excluding tert-OH is 1. The molecule has 2 aromatic rings. The van der Waals surface area contributed by atoms with E-state index in [0.717, 1.165) is 5.56 Å². The van der Waals surface area contributed by atoms with Crippen molar-refractivity contribution in [2.75, 3.05) is 6.61 Å². The Labute approximate surface area is 122 Å². The molecule has 0 fully saturated rings. The van der Waals surface area contributed by atoms with Crippen molar-refractivity contribution in [2.24, 2.45) is 0 Å². The number of benzene rings is 1. The summed E-state index contributed by atoms with van der Waals surface area (Å²) < 4.78 is 0. The van der Waals surface area contributed by atoms with Crippen LogP contribution in [0.2, 0.25) is 0 Å². The molecule has 0 aliphatic carbocycles. The topological polar surface area (TPSA) is 82.2 Å². The van der Waals surface area contributed by atoms with Crippen LogP contribution in [-0.4, -0.2) is 28.6 Å². The van der Waals surface area contributed by atoms with Gasteiger partial charge < -0.3 is 15.4 Å². The molecule has 1 amide bonds. The van der Waals surface area contributed by atoms with Gasteiger partial charge in [-0.3, -0.25) is 9.59 Å². The number of hydrogen-bond acceptors (Lipinski definition) is 3. The standard InChI is InChI=1S/C16H18N2O3/c1-11-7-15(20)14(9-17-11)16(21)18-13(10-19)8-12-5-3-2-4-6-12/h2-7,9,13,19H,8,10H2,1H3,(H,17,20)(H,18,21)/t13-/m0/s1. The van der Waals surface area contributed by atoms with E-state index in [2.05, 4.69) is 10.3 Å². The van der Waals surface area contributed by atoms with Gasteiger partial charge in [-0.2, -0.15) is 0 Å². The molecule has 5 heteroatoms. The summed E-state index contributed by atoms with van der Waals surface area (Å²) in [5.74, 6) is -0.480. The van der Waals surface area contributed by atoms with E-state index >= 15 is 0 Å². The first kappa shape index (κ1) is 15.0. The molecular weight excluding hydrogens is 268 g/mol. The molecule has 0 radical (unpaired) electrons. The van der Waals surface area contributed by atoms with E-state index in [1.165, 1.54) is 12.3 Å². The molecule has 0 spiro atoms. The van der Waals surface area contributed by atoms with Gasteiger partial charge in [0.1, 0.15) is 5.56 Å². The SMILES string of the molecule is Cc1cc(=O)c(C(=O)N[C@H](CO)Cc2ccccc2)c[nH]1. The van der Waals surface area contributed by atoms with E-state index in [0.29, 0.717) is 12.1 Å². The number of carbonyl (C=O) groups excluding carboxylic acids is 1. The first-order valence-electron chi connectivity index (χ1n) is 6.75. The lowest BCUT2D eigenvalue weighted by molar-refractivity contribution is 0.0915. The number of aryl methyl sites for hydroxylation is 1. The number of aromatic nitrogens is 1. The Morgan fingerprint density at radius 1 is 1.33 bits per heavy atom. The zero-order valence-corrected chi connectivity index (χ0v) is 11.8. The van der Waals surface area contributed by atoms with Crippen LogP contribution in [0.4, 0.5) is 0 Å². The lowest BCUT2D eigenvalue weighted by atomic mass is 10.1. The van der Waals surface area contributed by atoms with Crippen molar-refractivity contribution < 1.29 is 9.90 Å². The van der Waals surface area contributed by atoms with Crippen LogP contribution >= 0.6 is 0 Å². The molecule has 1 heterocycles. The largest absolute Gasteiger partial charge is 0.394 e. The lowest BCUT2D eigenvalue weighted by Crippen LogP contribution is -2.40. The van der Waals surface area contributed by atoms with Crippen LogP contribution < -0.4 is 10.7 Å². The Hall–Kier alpha value is -2.40. The number of hydrogen-bond donors (Lipinski definition) is 3. The Morgan fingerprint density at radius 3 is 2.67 bits per heavy atom. The number of aliphatic hydroxyl groups is 1. The summed E-state index contributed by atoms with van der Waals surface area (Å²) in [4.78, 5) is 26.7. The van der Waals surface area contributed by atoms with Gasteiger partial charge in [-0.05, 0) is 18.9 Å². The fraction of sp³-hybridized carbons (Fsp3) is 0.250. The Bertz CT molecular complexity index is 665. The van der Waals surface area contributed by atoms with Gasteiger partial charge in [0.15, 0.2) is 5.43 Å². The van der Waals surface area contributed by atoms with Crippen molar-refractivity contribution in [3.8, 4) is 0 Å². The summed E-state index contributed by atoms with van der Waals surface area (Å²) in [5.41, 5.74) is 1.42. The number of rotatable bonds is 5. The van der Waals surface area contributed by atoms with E-state index in [-0.39, 0.29) is 17.6 Å². The molecule has 21 heavy (non-hydrogen) atoms. The van der Waals surface area contributed by atoms with Crippen LogP contribution in [0.5, 0.6) is 0 Å². The third kappa shape index (κ3) is 4.03. The Kier molecular flexibility index (Phi) is 4.90. The van der Waals surface area contributed by atoms with Crippen LogP contribution in [0.1, 0.15) is 21.6 Å². The van der Waals surface area contributed by atoms with Gasteiger partial charge >= 0.3 is 0 Å². The number of amides is 1. The minimum atomic E-state index is -0.480. The summed E-state index contributed by atoms with van der Waals surface area (Å²) in [6.07, 6.45) is 1.90. The number of nitrogens with one attached hydrogen (secondary N) is 2. The maximum absolute atomic E-state index is 12.1. The molecule has 3 N–H and O–H groups in total. The van der Waals surface area contributed by atoms with Gasteiger partial charge in [0.25, 0.3) is 5.91 Å². The zero-order chi connectivity index (χ0) is 15.2. The van der Waals surface area contributed by atoms with Crippen molar-refractivity contribution in [3.05, 3.63) is 69.6 Å². The second kappa shape index (κ2) is 6.85. The molecule has 0 unspecified atom stereocenters. The molecule has 110 valence electrons. The van der Waals surface area contributed by atoms with E-state index in [1.54, 1.807) is 6.92 Å². The fourth-order valence-electron chi connectivity index (χ4n) is 2.07. The number of carbonyl (C=O) groups is 1. The molecule has 0 bridgehead atoms. The van der Waals surface area contributed by atoms with Gasteiger partial charge in [0.05, 0.1) is 12.6 Å². The molecular formula is C16H18N2O3. The highest BCUT2D eigenvalue weighted by Gasteiger charge is 2.16. The first-order valence-corrected chi connectivity index (χ1v) is 6.75. The maximum Gasteiger partial charge on any atom is 0.257 e. The van der Waals surface area contributed by atoms with Crippen molar-refractivity contribution in [1.82, 2.24) is 10.3 Å². The third-order valence-corrected chi connectivity index (χ3v) is 3.18. The molecule has 1 aromatic carbocycles. The number of aromatic amines is 1. The Morgan fingerprint density at radius 2 is 2.05 bits per heavy atom. The monoisotopic (exact) mass is 286 g/mol. The summed E-state index contributed by atoms with van der Waals surface area (Å²) in [7, 11) is 0. The van der Waals surface area contributed by atoms with Gasteiger partial charge in [-0.15, -0.1) is 0 Å². The quantitative estimate of drug-likeness (QED) is 0.767. The second-order valence-corrected chi connectivity index (χ2v) is 4.94. The average molecular weight is 286 g/mol. The zero-order valence-electron chi connectivity index (χ0n) is 11.8. The average Bonchev–Trinajstić information content (AvgIpc) is 2.47. The smallest absolute Gasteiger partial charge is 0.257 e. The van der Waals surface area contributed by atoms with Gasteiger partial charge in [0, 0.05) is 18.0 Å². The molecule has 0 saturated carbocycles. The van der Waals surface area contributed by atoms with Gasteiger partial charge in [-0.1, -0.05) is 30.3 Å². The summed E-state index contributed by atoms with van der Waals surface area (Å²) in [6, 6.07) is 10.5. The van der Waals surface area contributed by atoms with Crippen molar-refractivity contribution in [1.29, 1.82) is 0 Å². The highest BCUT2D eigenvalue weighted by molar-refractivity contribution is 5.94. The second-order valence-electron chi connectivity index (χ2n) is 4.94. The molecule has 0 aliphatic rings. The van der Waals surface area contributed by atoms with E-state index < -0.39 is 11.9 Å². The molecule has 1 atom stereocenters. The maximum atomic E-state index is 12.1. The van der Waals surface area contributed by atoms with Crippen molar-refractivity contribution >= 4 is 5.91 Å². The molecule has 5 nitrogen and oxygen atoms in total. The Balaban J connectivity index is 2.07. The van der Waals surface area contributed by atoms with E-state index in [4.69, 9.17) is 0 Å². The van der Waals surface area contributed by atoms with Crippen LogP contribution in [0.15, 0.2) is 47.4 Å². The fourth-order valence-corrected chi connectivity index (χ4v) is 2.07. The van der Waals surface area contributed by atoms with Crippen LogP contribution in [-0.2, 0) is 6.42 Å². The van der Waals surface area contributed by atoms with E-state index in [9.17, 15) is 14.7 Å². The van der Waals surface area contributed by atoms with Gasteiger partial charge in [0.2, 0.25) is 0 Å². The predicted octanol–water partition coefficient (Wildman–Crippen LogP) is 1.02. The van der Waals surface area contributed by atoms with Crippen LogP contribution in [0, 0.1) is 6.92 Å². The highest BCUT2D eigenvalue weighted by atomic mass is 16.3. The number of H-pyrrole nitrogens is 1. The third-order valence-electron chi connectivity index (χ3n) is 3.18. The number of pyridine rings is 1. The molecule has 0 aliphatic heterocycles. The summed E-state index contributed by atoms with van der Waals surface area (Å²) >= 11 is 0. The van der Waals surface area contributed by atoms with E-state index in [1.807, 2.05) is 30.3 Å². The lowest BCUT2D eigenvalue weighted by Gasteiger charge is -2.16. The first-order chi connectivity index (χ1) is 10.1. The highest BCUT2D eigenvalue weighted by Crippen LogP contribution is 2.03. The summed E-state index contributed by atoms with van der Waals surface area (Å²) in [6.45, 7) is 1.55. The van der Waals surface area contributed by atoms with Crippen LogP contribution in [0.25, 0.3) is 0 Å². The molecule has 1 aromatic heterocycles. The minimum absolute atomic E-state index is 0.0483. The summed E-state index contributed by atoms with van der Waals surface area (Å²) in [5, 5.41) is 12.1. The van der Waals surface area contributed by atoms with Crippen LogP contribution in [0.3, 0.4) is 0 Å². The normalized spacial score (nSPS) is 11.9. The van der Waals surface area contributed by atoms with Gasteiger partial charge in [-0.25, -0.2) is 0 Å². The molecule has 0 saturated heterocycles. The predicted molar refractivity (Wildman–Crippen MR) is 80.3 cm³/mol. The van der Waals surface area contributed by atoms with Crippen molar-refractivity contribution in [2.45, 2.75) is 19.4 Å². The minimum Gasteiger partial charge on any atom is -0.394 e. The van der Waals surface area contributed by atoms with Crippen molar-refractivity contribution in [3.63, 3.8) is 0 Å².